The van der Waals surface area contributed by atoms with E-state index < -0.39 is 5.72 Å². The zero-order valence-electron chi connectivity index (χ0n) is 17.6. The molecule has 28 heavy (non-hydrogen) atoms. The Morgan fingerprint density at radius 3 is 2.64 bits per heavy atom. The molecule has 0 aliphatic carbocycles. The van der Waals surface area contributed by atoms with Crippen LogP contribution in [0.2, 0.25) is 0 Å². The molecule has 5 N–H and O–H groups in total. The highest BCUT2D eigenvalue weighted by Crippen LogP contribution is 2.34. The predicted molar refractivity (Wildman–Crippen MR) is 118 cm³/mol. The second-order valence-electron chi connectivity index (χ2n) is 8.20. The minimum atomic E-state index is -0.752. The molecule has 0 aromatic carbocycles. The minimum Gasteiger partial charge on any atom is -0.372 e. The second-order valence-corrected chi connectivity index (χ2v) is 8.20. The van der Waals surface area contributed by atoms with Gasteiger partial charge in [-0.05, 0) is 57.6 Å². The zero-order chi connectivity index (χ0) is 20.2. The summed E-state index contributed by atoms with van der Waals surface area (Å²) in [5, 5.41) is 11.2. The van der Waals surface area contributed by atoms with Crippen molar-refractivity contribution in [3.05, 3.63) is 24.8 Å². The van der Waals surface area contributed by atoms with Gasteiger partial charge in [0.15, 0.2) is 5.96 Å². The number of aliphatic hydroxyl groups is 1. The summed E-state index contributed by atoms with van der Waals surface area (Å²) in [7, 11) is 0. The molecule has 6 heteroatoms. The fourth-order valence-electron chi connectivity index (χ4n) is 4.38. The Bertz CT molecular complexity index is 517. The van der Waals surface area contributed by atoms with E-state index in [-0.39, 0.29) is 12.1 Å². The van der Waals surface area contributed by atoms with E-state index in [1.807, 2.05) is 12.2 Å². The molecule has 0 radical (unpaired) electrons. The van der Waals surface area contributed by atoms with Crippen LogP contribution in [0.3, 0.4) is 0 Å². The molecule has 2 unspecified atom stereocenters. The van der Waals surface area contributed by atoms with E-state index in [0.717, 1.165) is 64.6 Å². The molecule has 2 aliphatic heterocycles. The van der Waals surface area contributed by atoms with Gasteiger partial charge in [0.25, 0.3) is 0 Å². The first-order valence-corrected chi connectivity index (χ1v) is 11.2. The summed E-state index contributed by atoms with van der Waals surface area (Å²) in [4.78, 5) is 8.85. The lowest BCUT2D eigenvalue weighted by atomic mass is 10.0. The molecule has 0 bridgehead atoms. The van der Waals surface area contributed by atoms with Crippen molar-refractivity contribution < 1.29 is 5.11 Å². The number of hydrogen-bond donors (Lipinski definition) is 3. The maximum atomic E-state index is 11.2. The van der Waals surface area contributed by atoms with Crippen molar-refractivity contribution in [3.8, 4) is 0 Å². The molecule has 6 nitrogen and oxygen atoms in total. The van der Waals surface area contributed by atoms with Crippen LogP contribution < -0.4 is 11.5 Å². The molecule has 0 spiro atoms. The smallest absolute Gasteiger partial charge is 0.185 e. The lowest BCUT2D eigenvalue weighted by Gasteiger charge is -2.45. The average molecular weight is 392 g/mol. The third-order valence-electron chi connectivity index (χ3n) is 5.92. The maximum absolute atomic E-state index is 11.2. The van der Waals surface area contributed by atoms with Gasteiger partial charge >= 0.3 is 0 Å². The van der Waals surface area contributed by atoms with E-state index >= 15 is 0 Å². The Morgan fingerprint density at radius 1 is 1.11 bits per heavy atom. The first-order valence-electron chi connectivity index (χ1n) is 11.2. The number of fused-ring (bicyclic) bond motifs is 1. The highest BCUT2D eigenvalue weighted by Gasteiger charge is 2.43. The summed E-state index contributed by atoms with van der Waals surface area (Å²) in [5.74, 6) is 0.179. The standard InChI is InChI=1S/C22H41N5O/c1-2-3-4-5-6-7-9-14-22(28)15-13-20-26(18-12-19-27(20)22)17-11-8-10-16-25-21(23)24/h2,13,15,20,28H,1,3-12,14,16-19H2,(H4,23,24,25). The monoisotopic (exact) mass is 391 g/mol. The third-order valence-corrected chi connectivity index (χ3v) is 5.92. The van der Waals surface area contributed by atoms with Crippen molar-refractivity contribution in [3.63, 3.8) is 0 Å². The van der Waals surface area contributed by atoms with Crippen molar-refractivity contribution in [2.75, 3.05) is 26.2 Å². The number of aliphatic imine (C=N–C) groups is 1. The molecule has 0 aromatic rings. The van der Waals surface area contributed by atoms with Crippen LogP contribution in [0.1, 0.15) is 70.6 Å². The summed E-state index contributed by atoms with van der Waals surface area (Å²) in [6.45, 7) is 7.64. The van der Waals surface area contributed by atoms with Gasteiger partial charge in [-0.1, -0.05) is 37.8 Å². The highest BCUT2D eigenvalue weighted by molar-refractivity contribution is 5.75. The first kappa shape index (κ1) is 22.9. The number of hydrogen-bond acceptors (Lipinski definition) is 4. The van der Waals surface area contributed by atoms with Crippen LogP contribution >= 0.6 is 0 Å². The number of nitrogens with two attached hydrogens (primary N) is 2. The van der Waals surface area contributed by atoms with Crippen molar-refractivity contribution >= 4 is 5.96 Å². The Labute approximate surface area is 171 Å². The van der Waals surface area contributed by atoms with Gasteiger partial charge in [0.05, 0.1) is 6.17 Å². The summed E-state index contributed by atoms with van der Waals surface area (Å²) < 4.78 is 0. The van der Waals surface area contributed by atoms with Crippen molar-refractivity contribution in [1.82, 2.24) is 9.80 Å². The summed E-state index contributed by atoms with van der Waals surface area (Å²) in [6.07, 6.45) is 18.9. The van der Waals surface area contributed by atoms with Gasteiger partial charge in [0.2, 0.25) is 0 Å². The maximum Gasteiger partial charge on any atom is 0.185 e. The number of rotatable bonds is 14. The van der Waals surface area contributed by atoms with Gasteiger partial charge in [-0.15, -0.1) is 6.58 Å². The van der Waals surface area contributed by atoms with Gasteiger partial charge in [-0.3, -0.25) is 14.8 Å². The molecule has 2 atom stereocenters. The van der Waals surface area contributed by atoms with Crippen LogP contribution in [0.25, 0.3) is 0 Å². The van der Waals surface area contributed by atoms with E-state index in [1.165, 1.54) is 25.7 Å². The van der Waals surface area contributed by atoms with Crippen LogP contribution in [0.5, 0.6) is 0 Å². The number of unbranched alkanes of at least 4 members (excludes halogenated alkanes) is 7. The lowest BCUT2D eigenvalue weighted by Crippen LogP contribution is -2.58. The Hall–Kier alpha value is -1.37. The van der Waals surface area contributed by atoms with Gasteiger partial charge < -0.3 is 16.6 Å². The topological polar surface area (TPSA) is 91.1 Å². The molecule has 0 saturated carbocycles. The van der Waals surface area contributed by atoms with Gasteiger partial charge in [0, 0.05) is 19.6 Å². The fourth-order valence-corrected chi connectivity index (χ4v) is 4.38. The molecule has 2 heterocycles. The number of allylic oxidation sites excluding steroid dienone is 1. The van der Waals surface area contributed by atoms with Gasteiger partial charge in [-0.2, -0.15) is 0 Å². The van der Waals surface area contributed by atoms with E-state index in [4.69, 9.17) is 11.5 Å². The molecule has 0 aromatic heterocycles. The molecule has 0 amide bonds. The van der Waals surface area contributed by atoms with E-state index in [9.17, 15) is 5.11 Å². The Kier molecular flexibility index (Phi) is 10.0. The largest absolute Gasteiger partial charge is 0.372 e. The average Bonchev–Trinajstić information content (AvgIpc) is 3.01. The van der Waals surface area contributed by atoms with Crippen LogP contribution in [0, 0.1) is 0 Å². The van der Waals surface area contributed by atoms with E-state index in [0.29, 0.717) is 6.54 Å². The second kappa shape index (κ2) is 12.2. The van der Waals surface area contributed by atoms with Crippen molar-refractivity contribution in [2.45, 2.75) is 82.5 Å². The Balaban J connectivity index is 1.68. The number of guanidine groups is 1. The molecule has 160 valence electrons. The Morgan fingerprint density at radius 2 is 1.86 bits per heavy atom. The summed E-state index contributed by atoms with van der Waals surface area (Å²) >= 11 is 0. The summed E-state index contributed by atoms with van der Waals surface area (Å²) in [5.41, 5.74) is 9.96. The van der Waals surface area contributed by atoms with E-state index in [2.05, 4.69) is 27.4 Å². The predicted octanol–water partition coefficient (Wildman–Crippen LogP) is 2.94. The van der Waals surface area contributed by atoms with Crippen molar-refractivity contribution in [1.29, 1.82) is 0 Å². The molecule has 2 aliphatic rings. The van der Waals surface area contributed by atoms with E-state index in [1.54, 1.807) is 0 Å². The van der Waals surface area contributed by atoms with Crippen LogP contribution in [0.4, 0.5) is 0 Å². The van der Waals surface area contributed by atoms with Crippen LogP contribution in [-0.4, -0.2) is 58.9 Å². The van der Waals surface area contributed by atoms with Gasteiger partial charge in [-0.25, -0.2) is 0 Å². The van der Waals surface area contributed by atoms with Crippen molar-refractivity contribution in [2.24, 2.45) is 16.5 Å². The molecule has 1 fully saturated rings. The SMILES string of the molecule is C=CCCCCCCCC1(O)C=CC2N(CCCCCN=C(N)N)CCCN21. The fraction of sp³-hybridized carbons (Fsp3) is 0.773. The lowest BCUT2D eigenvalue weighted by molar-refractivity contribution is -0.122. The van der Waals surface area contributed by atoms with Crippen LogP contribution in [-0.2, 0) is 0 Å². The number of nitrogens with zero attached hydrogens (tertiary/aromatic N) is 3. The van der Waals surface area contributed by atoms with Crippen LogP contribution in [0.15, 0.2) is 29.8 Å². The quantitative estimate of drug-likeness (QED) is 0.183. The third kappa shape index (κ3) is 7.22. The summed E-state index contributed by atoms with van der Waals surface area (Å²) in [6, 6.07) is 0. The highest BCUT2D eigenvalue weighted by atomic mass is 16.3. The molecular formula is C22H41N5O. The molecular weight excluding hydrogens is 350 g/mol. The molecule has 1 saturated heterocycles. The first-order chi connectivity index (χ1) is 13.6. The minimum absolute atomic E-state index is 0.179. The normalized spacial score (nSPS) is 25.0. The molecule has 2 rings (SSSR count). The van der Waals surface area contributed by atoms with Gasteiger partial charge in [0.1, 0.15) is 5.72 Å². The zero-order valence-corrected chi connectivity index (χ0v) is 17.6.